The quantitative estimate of drug-likeness (QED) is 0.890. The predicted molar refractivity (Wildman–Crippen MR) is 63.6 cm³/mol. The van der Waals surface area contributed by atoms with E-state index in [4.69, 9.17) is 4.52 Å². The molecule has 0 amide bonds. The van der Waals surface area contributed by atoms with Crippen LogP contribution in [0.3, 0.4) is 0 Å². The molecule has 94 valence electrons. The number of nitrogens with zero attached hydrogens (tertiary/aromatic N) is 2. The zero-order valence-electron chi connectivity index (χ0n) is 9.90. The van der Waals surface area contributed by atoms with Gasteiger partial charge in [-0.2, -0.15) is 4.98 Å². The Bertz CT molecular complexity index is 537. The van der Waals surface area contributed by atoms with E-state index in [0.717, 1.165) is 19.5 Å². The van der Waals surface area contributed by atoms with Crippen LogP contribution >= 0.6 is 0 Å². The number of aromatic nitrogens is 2. The molecule has 0 aliphatic carbocycles. The van der Waals surface area contributed by atoms with Crippen molar-refractivity contribution < 1.29 is 8.91 Å². The third-order valence-electron chi connectivity index (χ3n) is 3.15. The van der Waals surface area contributed by atoms with Crippen molar-refractivity contribution in [3.05, 3.63) is 47.4 Å². The summed E-state index contributed by atoms with van der Waals surface area (Å²) in [5.41, 5.74) is 0.593. The number of benzene rings is 1. The SMILES string of the molecule is Fc1ccccc1Cc1noc(CC2CNC2)n1. The lowest BCUT2D eigenvalue weighted by Gasteiger charge is -2.25. The molecule has 5 heteroatoms. The Morgan fingerprint density at radius 3 is 2.89 bits per heavy atom. The van der Waals surface area contributed by atoms with E-state index in [9.17, 15) is 4.39 Å². The van der Waals surface area contributed by atoms with Gasteiger partial charge >= 0.3 is 0 Å². The number of halogens is 1. The molecule has 0 spiro atoms. The molecule has 0 bridgehead atoms. The van der Waals surface area contributed by atoms with E-state index in [1.165, 1.54) is 6.07 Å². The molecule has 1 N–H and O–H groups in total. The molecule has 1 aliphatic rings. The van der Waals surface area contributed by atoms with Gasteiger partial charge in [0.15, 0.2) is 5.82 Å². The molecule has 0 radical (unpaired) electrons. The number of rotatable bonds is 4. The Labute approximate surface area is 104 Å². The number of hydrogen-bond donors (Lipinski definition) is 1. The van der Waals surface area contributed by atoms with E-state index in [1.54, 1.807) is 18.2 Å². The van der Waals surface area contributed by atoms with Gasteiger partial charge in [0, 0.05) is 12.8 Å². The summed E-state index contributed by atoms with van der Waals surface area (Å²) in [5, 5.41) is 7.09. The van der Waals surface area contributed by atoms with E-state index >= 15 is 0 Å². The van der Waals surface area contributed by atoms with Gasteiger partial charge in [0.05, 0.1) is 0 Å². The van der Waals surface area contributed by atoms with Gasteiger partial charge in [0.25, 0.3) is 0 Å². The first-order valence-corrected chi connectivity index (χ1v) is 6.07. The van der Waals surface area contributed by atoms with Crippen molar-refractivity contribution in [1.82, 2.24) is 15.5 Å². The Hall–Kier alpha value is -1.75. The lowest BCUT2D eigenvalue weighted by molar-refractivity contribution is 0.295. The molecule has 18 heavy (non-hydrogen) atoms. The molecular weight excluding hydrogens is 233 g/mol. The van der Waals surface area contributed by atoms with Crippen LogP contribution in [0.1, 0.15) is 17.3 Å². The topological polar surface area (TPSA) is 51.0 Å². The monoisotopic (exact) mass is 247 g/mol. The summed E-state index contributed by atoms with van der Waals surface area (Å²) in [6.45, 7) is 2.01. The molecule has 0 unspecified atom stereocenters. The van der Waals surface area contributed by atoms with Crippen LogP contribution in [0.25, 0.3) is 0 Å². The molecule has 4 nitrogen and oxygen atoms in total. The smallest absolute Gasteiger partial charge is 0.227 e. The molecule has 1 fully saturated rings. The van der Waals surface area contributed by atoms with Crippen LogP contribution in [0.15, 0.2) is 28.8 Å². The first-order chi connectivity index (χ1) is 8.81. The van der Waals surface area contributed by atoms with Gasteiger partial charge in [-0.15, -0.1) is 0 Å². The summed E-state index contributed by atoms with van der Waals surface area (Å²) >= 11 is 0. The van der Waals surface area contributed by atoms with Crippen molar-refractivity contribution in [2.75, 3.05) is 13.1 Å². The summed E-state index contributed by atoms with van der Waals surface area (Å²) in [4.78, 5) is 4.30. The molecule has 0 atom stereocenters. The number of nitrogens with one attached hydrogen (secondary N) is 1. The van der Waals surface area contributed by atoms with E-state index in [-0.39, 0.29) is 5.82 Å². The second kappa shape index (κ2) is 4.86. The predicted octanol–water partition coefficient (Wildman–Crippen LogP) is 1.56. The first-order valence-electron chi connectivity index (χ1n) is 6.07. The normalized spacial score (nSPS) is 15.6. The molecule has 1 saturated heterocycles. The van der Waals surface area contributed by atoms with E-state index < -0.39 is 0 Å². The maximum atomic E-state index is 13.5. The van der Waals surface area contributed by atoms with Crippen LogP contribution in [-0.4, -0.2) is 23.2 Å². The third kappa shape index (κ3) is 2.41. The zero-order valence-corrected chi connectivity index (χ0v) is 9.90. The van der Waals surface area contributed by atoms with Crippen LogP contribution in [-0.2, 0) is 12.8 Å². The highest BCUT2D eigenvalue weighted by Gasteiger charge is 2.20. The van der Waals surface area contributed by atoms with E-state index in [1.807, 2.05) is 0 Å². The largest absolute Gasteiger partial charge is 0.339 e. The zero-order chi connectivity index (χ0) is 12.4. The second-order valence-electron chi connectivity index (χ2n) is 4.60. The Morgan fingerprint density at radius 1 is 1.33 bits per heavy atom. The molecule has 1 aromatic heterocycles. The molecule has 2 aromatic rings. The van der Waals surface area contributed by atoms with Gasteiger partial charge in [-0.05, 0) is 30.6 Å². The van der Waals surface area contributed by atoms with Crippen molar-refractivity contribution in [2.24, 2.45) is 5.92 Å². The Balaban J connectivity index is 1.67. The minimum atomic E-state index is -0.230. The summed E-state index contributed by atoms with van der Waals surface area (Å²) in [6.07, 6.45) is 1.18. The van der Waals surface area contributed by atoms with Crippen LogP contribution in [0.4, 0.5) is 4.39 Å². The van der Waals surface area contributed by atoms with Gasteiger partial charge in [-0.1, -0.05) is 23.4 Å². The summed E-state index contributed by atoms with van der Waals surface area (Å²) in [6, 6.07) is 6.65. The second-order valence-corrected chi connectivity index (χ2v) is 4.60. The van der Waals surface area contributed by atoms with Crippen LogP contribution in [0.5, 0.6) is 0 Å². The van der Waals surface area contributed by atoms with Crippen molar-refractivity contribution in [3.8, 4) is 0 Å². The fraction of sp³-hybridized carbons (Fsp3) is 0.385. The fourth-order valence-corrected chi connectivity index (χ4v) is 2.00. The van der Waals surface area contributed by atoms with Gasteiger partial charge in [-0.3, -0.25) is 0 Å². The maximum Gasteiger partial charge on any atom is 0.227 e. The summed E-state index contributed by atoms with van der Waals surface area (Å²) in [7, 11) is 0. The van der Waals surface area contributed by atoms with Gasteiger partial charge < -0.3 is 9.84 Å². The van der Waals surface area contributed by atoms with Crippen LogP contribution in [0, 0.1) is 11.7 Å². The number of hydrogen-bond acceptors (Lipinski definition) is 4. The van der Waals surface area contributed by atoms with Crippen LogP contribution in [0.2, 0.25) is 0 Å². The van der Waals surface area contributed by atoms with Gasteiger partial charge in [-0.25, -0.2) is 4.39 Å². The highest BCUT2D eigenvalue weighted by molar-refractivity contribution is 5.20. The highest BCUT2D eigenvalue weighted by atomic mass is 19.1. The fourth-order valence-electron chi connectivity index (χ4n) is 2.00. The maximum absolute atomic E-state index is 13.5. The average Bonchev–Trinajstić information content (AvgIpc) is 2.75. The first kappa shape index (κ1) is 11.3. The summed E-state index contributed by atoms with van der Waals surface area (Å²) in [5.74, 6) is 1.55. The third-order valence-corrected chi connectivity index (χ3v) is 3.15. The minimum Gasteiger partial charge on any atom is -0.339 e. The Kier molecular flexibility index (Phi) is 3.06. The lowest BCUT2D eigenvalue weighted by atomic mass is 10.00. The molecule has 2 heterocycles. The molecule has 1 aliphatic heterocycles. The molecule has 0 saturated carbocycles. The minimum absolute atomic E-state index is 0.230. The highest BCUT2D eigenvalue weighted by Crippen LogP contribution is 2.14. The average molecular weight is 247 g/mol. The van der Waals surface area contributed by atoms with Crippen molar-refractivity contribution in [3.63, 3.8) is 0 Å². The van der Waals surface area contributed by atoms with Gasteiger partial charge in [0.2, 0.25) is 5.89 Å². The molecule has 3 rings (SSSR count). The van der Waals surface area contributed by atoms with Gasteiger partial charge in [0.1, 0.15) is 5.82 Å². The lowest BCUT2D eigenvalue weighted by Crippen LogP contribution is -2.43. The van der Waals surface area contributed by atoms with Crippen molar-refractivity contribution >= 4 is 0 Å². The Morgan fingerprint density at radius 2 is 2.17 bits per heavy atom. The molecule has 1 aromatic carbocycles. The van der Waals surface area contributed by atoms with E-state index in [2.05, 4.69) is 15.5 Å². The van der Waals surface area contributed by atoms with Crippen molar-refractivity contribution in [1.29, 1.82) is 0 Å². The standard InChI is InChI=1S/C13H14FN3O/c14-11-4-2-1-3-10(11)6-12-16-13(18-17-12)5-9-7-15-8-9/h1-4,9,15H,5-8H2. The molecular formula is C13H14FN3O. The summed E-state index contributed by atoms with van der Waals surface area (Å²) < 4.78 is 18.6. The van der Waals surface area contributed by atoms with E-state index in [0.29, 0.717) is 29.6 Å². The van der Waals surface area contributed by atoms with Crippen molar-refractivity contribution in [2.45, 2.75) is 12.8 Å². The van der Waals surface area contributed by atoms with Crippen LogP contribution < -0.4 is 5.32 Å².